The van der Waals surface area contributed by atoms with Gasteiger partial charge in [-0.3, -0.25) is 4.99 Å². The van der Waals surface area contributed by atoms with E-state index in [4.69, 9.17) is 4.99 Å². The predicted molar refractivity (Wildman–Crippen MR) is 106 cm³/mol. The third-order valence-electron chi connectivity index (χ3n) is 4.33. The van der Waals surface area contributed by atoms with Crippen LogP contribution in [0.1, 0.15) is 16.7 Å². The molecule has 0 fully saturated rings. The van der Waals surface area contributed by atoms with Crippen LogP contribution >= 0.6 is 0 Å². The van der Waals surface area contributed by atoms with Crippen molar-refractivity contribution >= 4 is 16.5 Å². The molecule has 4 aromatic rings. The summed E-state index contributed by atoms with van der Waals surface area (Å²) in [7, 11) is 0. The van der Waals surface area contributed by atoms with E-state index in [1.54, 1.807) is 0 Å². The Morgan fingerprint density at radius 2 is 1.12 bits per heavy atom. The largest absolute Gasteiger partial charge is 0.279 e. The minimum absolute atomic E-state index is 0.671. The third kappa shape index (κ3) is 3.51. The lowest BCUT2D eigenvalue weighted by Gasteiger charge is -2.08. The van der Waals surface area contributed by atoms with Gasteiger partial charge in [-0.15, -0.1) is 0 Å². The number of hydrogen-bond acceptors (Lipinski definition) is 1. The molecule has 0 aromatic heterocycles. The van der Waals surface area contributed by atoms with E-state index in [9.17, 15) is 0 Å². The highest BCUT2D eigenvalue weighted by Gasteiger charge is 2.06. The van der Waals surface area contributed by atoms with E-state index in [0.29, 0.717) is 6.54 Å². The van der Waals surface area contributed by atoms with Crippen LogP contribution < -0.4 is 0 Å². The monoisotopic (exact) mass is 321 g/mol. The van der Waals surface area contributed by atoms with Gasteiger partial charge in [0.1, 0.15) is 0 Å². The Labute approximate surface area is 148 Å². The molecule has 0 radical (unpaired) electrons. The highest BCUT2D eigenvalue weighted by atomic mass is 14.7. The molecule has 120 valence electrons. The van der Waals surface area contributed by atoms with Crippen molar-refractivity contribution in [3.8, 4) is 0 Å². The van der Waals surface area contributed by atoms with Crippen molar-refractivity contribution in [2.45, 2.75) is 6.54 Å². The summed E-state index contributed by atoms with van der Waals surface area (Å²) in [5.74, 6) is 0. The smallest absolute Gasteiger partial charge is 0.0723 e. The van der Waals surface area contributed by atoms with Crippen LogP contribution in [0.2, 0.25) is 0 Å². The summed E-state index contributed by atoms with van der Waals surface area (Å²) in [6.07, 6.45) is 0. The topological polar surface area (TPSA) is 12.4 Å². The predicted octanol–water partition coefficient (Wildman–Crippen LogP) is 5.88. The lowest BCUT2D eigenvalue weighted by Crippen LogP contribution is -2.03. The maximum Gasteiger partial charge on any atom is 0.0723 e. The van der Waals surface area contributed by atoms with Gasteiger partial charge in [-0.25, -0.2) is 0 Å². The van der Waals surface area contributed by atoms with Crippen LogP contribution in [0.4, 0.5) is 0 Å². The summed E-state index contributed by atoms with van der Waals surface area (Å²) in [5.41, 5.74) is 4.56. The number of nitrogens with zero attached hydrogens (tertiary/aromatic N) is 1. The number of hydrogen-bond donors (Lipinski definition) is 0. The number of rotatable bonds is 4. The standard InChI is InChI=1S/C24H19N/c1-3-10-21(11-4-1)24(22-12-5-2-6-13-22)25-18-19-15-16-20-9-7-8-14-23(20)17-19/h1-17H,18H2. The summed E-state index contributed by atoms with van der Waals surface area (Å²) in [6.45, 7) is 0.671. The van der Waals surface area contributed by atoms with E-state index < -0.39 is 0 Å². The van der Waals surface area contributed by atoms with Gasteiger partial charge in [0.25, 0.3) is 0 Å². The molecule has 1 heteroatoms. The number of fused-ring (bicyclic) bond motifs is 1. The van der Waals surface area contributed by atoms with Crippen molar-refractivity contribution in [2.24, 2.45) is 4.99 Å². The van der Waals surface area contributed by atoms with E-state index in [1.807, 2.05) is 12.1 Å². The molecule has 0 atom stereocenters. The van der Waals surface area contributed by atoms with Gasteiger partial charge in [0.15, 0.2) is 0 Å². The van der Waals surface area contributed by atoms with E-state index >= 15 is 0 Å². The van der Waals surface area contributed by atoms with E-state index in [2.05, 4.69) is 91.0 Å². The lowest BCUT2D eigenvalue weighted by atomic mass is 10.0. The van der Waals surface area contributed by atoms with E-state index in [1.165, 1.54) is 16.3 Å². The Morgan fingerprint density at radius 1 is 0.560 bits per heavy atom. The summed E-state index contributed by atoms with van der Waals surface area (Å²) in [6, 6.07) is 35.8. The minimum atomic E-state index is 0.671. The first-order chi connectivity index (χ1) is 12.4. The second kappa shape index (κ2) is 7.14. The Bertz CT molecular complexity index is 960. The van der Waals surface area contributed by atoms with Crippen LogP contribution in [0.25, 0.3) is 10.8 Å². The zero-order valence-corrected chi connectivity index (χ0v) is 14.0. The summed E-state index contributed by atoms with van der Waals surface area (Å²) in [4.78, 5) is 4.96. The molecule has 0 unspecified atom stereocenters. The van der Waals surface area contributed by atoms with Gasteiger partial charge in [0, 0.05) is 11.1 Å². The molecule has 0 saturated carbocycles. The molecular weight excluding hydrogens is 302 g/mol. The highest BCUT2D eigenvalue weighted by Crippen LogP contribution is 2.17. The quantitative estimate of drug-likeness (QED) is 0.416. The van der Waals surface area contributed by atoms with Crippen molar-refractivity contribution in [1.82, 2.24) is 0 Å². The van der Waals surface area contributed by atoms with Crippen molar-refractivity contribution < 1.29 is 0 Å². The molecule has 0 aliphatic rings. The Kier molecular flexibility index (Phi) is 4.38. The van der Waals surface area contributed by atoms with E-state index in [-0.39, 0.29) is 0 Å². The number of aliphatic imine (C=N–C) groups is 1. The van der Waals surface area contributed by atoms with Gasteiger partial charge in [0.05, 0.1) is 12.3 Å². The maximum atomic E-state index is 4.96. The molecule has 0 bridgehead atoms. The first-order valence-electron chi connectivity index (χ1n) is 8.53. The summed E-state index contributed by atoms with van der Waals surface area (Å²) < 4.78 is 0. The van der Waals surface area contributed by atoms with Gasteiger partial charge in [-0.05, 0) is 22.4 Å². The molecule has 0 saturated heterocycles. The molecule has 0 amide bonds. The second-order valence-electron chi connectivity index (χ2n) is 6.08. The maximum absolute atomic E-state index is 4.96. The third-order valence-corrected chi connectivity index (χ3v) is 4.33. The molecule has 0 aliphatic carbocycles. The van der Waals surface area contributed by atoms with Crippen LogP contribution in [0, 0.1) is 0 Å². The molecule has 0 N–H and O–H groups in total. The fourth-order valence-electron chi connectivity index (χ4n) is 3.05. The van der Waals surface area contributed by atoms with Crippen LogP contribution in [0.15, 0.2) is 108 Å². The molecule has 25 heavy (non-hydrogen) atoms. The Balaban J connectivity index is 1.71. The average molecular weight is 321 g/mol. The number of benzene rings is 4. The molecule has 4 aromatic carbocycles. The van der Waals surface area contributed by atoms with Gasteiger partial charge in [-0.2, -0.15) is 0 Å². The molecule has 4 rings (SSSR count). The molecule has 1 nitrogen and oxygen atoms in total. The van der Waals surface area contributed by atoms with Crippen molar-refractivity contribution in [3.63, 3.8) is 0 Å². The zero-order valence-electron chi connectivity index (χ0n) is 14.0. The fraction of sp³-hybridized carbons (Fsp3) is 0.0417. The van der Waals surface area contributed by atoms with Gasteiger partial charge in [0.2, 0.25) is 0 Å². The van der Waals surface area contributed by atoms with Crippen LogP contribution in [-0.2, 0) is 6.54 Å². The Hall–Kier alpha value is -3.19. The van der Waals surface area contributed by atoms with Crippen LogP contribution in [0.3, 0.4) is 0 Å². The Morgan fingerprint density at radius 3 is 1.76 bits per heavy atom. The first-order valence-corrected chi connectivity index (χ1v) is 8.53. The fourth-order valence-corrected chi connectivity index (χ4v) is 3.05. The van der Waals surface area contributed by atoms with Crippen molar-refractivity contribution in [1.29, 1.82) is 0 Å². The minimum Gasteiger partial charge on any atom is -0.279 e. The molecule has 0 heterocycles. The van der Waals surface area contributed by atoms with Gasteiger partial charge < -0.3 is 0 Å². The summed E-state index contributed by atoms with van der Waals surface area (Å²) >= 11 is 0. The molecule has 0 aliphatic heterocycles. The molecule has 0 spiro atoms. The second-order valence-corrected chi connectivity index (χ2v) is 6.08. The highest BCUT2D eigenvalue weighted by molar-refractivity contribution is 6.12. The van der Waals surface area contributed by atoms with Gasteiger partial charge >= 0.3 is 0 Å². The van der Waals surface area contributed by atoms with Crippen molar-refractivity contribution in [2.75, 3.05) is 0 Å². The van der Waals surface area contributed by atoms with E-state index in [0.717, 1.165) is 16.8 Å². The van der Waals surface area contributed by atoms with Gasteiger partial charge in [-0.1, -0.05) is 97.1 Å². The average Bonchev–Trinajstić information content (AvgIpc) is 2.70. The first kappa shape index (κ1) is 15.3. The van der Waals surface area contributed by atoms with Crippen LogP contribution in [-0.4, -0.2) is 5.71 Å². The SMILES string of the molecule is c1ccc(C(=NCc2ccc3ccccc3c2)c2ccccc2)cc1. The van der Waals surface area contributed by atoms with Crippen LogP contribution in [0.5, 0.6) is 0 Å². The lowest BCUT2D eigenvalue weighted by molar-refractivity contribution is 1.07. The summed E-state index contributed by atoms with van der Waals surface area (Å²) in [5, 5.41) is 2.53. The van der Waals surface area contributed by atoms with Crippen molar-refractivity contribution in [3.05, 3.63) is 120 Å². The normalized spacial score (nSPS) is 10.6. The molecular formula is C24H19N. The zero-order chi connectivity index (χ0) is 16.9.